The second-order valence-corrected chi connectivity index (χ2v) is 6.74. The summed E-state index contributed by atoms with van der Waals surface area (Å²) in [5.74, 6) is -1.15. The Bertz CT molecular complexity index is 787. The van der Waals surface area contributed by atoms with Crippen LogP contribution in [0.2, 0.25) is 0 Å². The molecular weight excluding hydrogens is 324 g/mol. The lowest BCUT2D eigenvalue weighted by atomic mass is 9.86. The summed E-state index contributed by atoms with van der Waals surface area (Å²) in [5.41, 5.74) is 0.859. The van der Waals surface area contributed by atoms with E-state index in [1.54, 1.807) is 45.9 Å². The quantitative estimate of drug-likeness (QED) is 0.390. The van der Waals surface area contributed by atoms with Crippen molar-refractivity contribution >= 4 is 17.9 Å². The van der Waals surface area contributed by atoms with Crippen LogP contribution < -0.4 is 5.32 Å². The summed E-state index contributed by atoms with van der Waals surface area (Å²) in [6, 6.07) is 6.00. The molecule has 1 atom stereocenters. The number of dihydropyridines is 1. The maximum atomic E-state index is 12.7. The molecule has 0 bridgehead atoms. The van der Waals surface area contributed by atoms with Gasteiger partial charge in [0, 0.05) is 23.7 Å². The molecule has 132 valence electrons. The van der Waals surface area contributed by atoms with Gasteiger partial charge in [-0.1, -0.05) is 12.1 Å². The number of ether oxygens (including phenoxy) is 1. The fourth-order valence-electron chi connectivity index (χ4n) is 2.60. The van der Waals surface area contributed by atoms with Crippen LogP contribution in [0.25, 0.3) is 0 Å². The Balaban J connectivity index is 2.52. The molecular formula is C18H20N2O5. The van der Waals surface area contributed by atoms with E-state index in [1.165, 1.54) is 12.1 Å². The molecule has 0 amide bonds. The van der Waals surface area contributed by atoms with Gasteiger partial charge in [0.05, 0.1) is 16.2 Å². The Morgan fingerprint density at radius 3 is 2.60 bits per heavy atom. The number of nitrogens with zero attached hydrogens (tertiary/aromatic N) is 1. The fraction of sp³-hybridized carbons (Fsp3) is 0.333. The van der Waals surface area contributed by atoms with Crippen molar-refractivity contribution in [2.75, 3.05) is 0 Å². The minimum Gasteiger partial charge on any atom is -0.457 e. The van der Waals surface area contributed by atoms with Gasteiger partial charge in [-0.15, -0.1) is 0 Å². The third kappa shape index (κ3) is 4.32. The largest absolute Gasteiger partial charge is 0.457 e. The third-order valence-corrected chi connectivity index (χ3v) is 3.58. The van der Waals surface area contributed by atoms with E-state index < -0.39 is 22.4 Å². The Hall–Kier alpha value is -2.96. The number of nitro groups is 1. The van der Waals surface area contributed by atoms with Crippen LogP contribution in [0, 0.1) is 10.1 Å². The lowest BCUT2D eigenvalue weighted by Crippen LogP contribution is -2.31. The molecule has 1 unspecified atom stereocenters. The van der Waals surface area contributed by atoms with Crippen LogP contribution in [-0.2, 0) is 14.3 Å². The van der Waals surface area contributed by atoms with Gasteiger partial charge in [0.15, 0.2) is 6.29 Å². The smallest absolute Gasteiger partial charge is 0.337 e. The highest BCUT2D eigenvalue weighted by Crippen LogP contribution is 2.34. The van der Waals surface area contributed by atoms with Crippen molar-refractivity contribution in [2.24, 2.45) is 0 Å². The Kier molecular flexibility index (Phi) is 5.06. The van der Waals surface area contributed by atoms with Crippen LogP contribution in [0.15, 0.2) is 47.3 Å². The topological polar surface area (TPSA) is 98.5 Å². The zero-order chi connectivity index (χ0) is 18.8. The molecule has 0 fully saturated rings. The second kappa shape index (κ2) is 6.88. The first-order valence-corrected chi connectivity index (χ1v) is 7.75. The summed E-state index contributed by atoms with van der Waals surface area (Å²) in [6.45, 7) is 6.93. The molecule has 0 radical (unpaired) electrons. The first-order chi connectivity index (χ1) is 11.6. The second-order valence-electron chi connectivity index (χ2n) is 6.74. The van der Waals surface area contributed by atoms with Gasteiger partial charge in [-0.25, -0.2) is 4.79 Å². The normalized spacial score (nSPS) is 17.4. The van der Waals surface area contributed by atoms with Crippen LogP contribution in [0.1, 0.15) is 39.2 Å². The maximum absolute atomic E-state index is 12.7. The van der Waals surface area contributed by atoms with E-state index in [1.807, 2.05) is 0 Å². The fourth-order valence-corrected chi connectivity index (χ4v) is 2.60. The highest BCUT2D eigenvalue weighted by molar-refractivity contribution is 5.93. The number of rotatable bonds is 4. The molecule has 0 saturated carbocycles. The van der Waals surface area contributed by atoms with Gasteiger partial charge in [-0.05, 0) is 39.3 Å². The summed E-state index contributed by atoms with van der Waals surface area (Å²) < 4.78 is 5.46. The van der Waals surface area contributed by atoms with E-state index in [4.69, 9.17) is 4.74 Å². The highest BCUT2D eigenvalue weighted by atomic mass is 16.6. The van der Waals surface area contributed by atoms with Crippen LogP contribution in [0.3, 0.4) is 0 Å². The standard InChI is InChI=1S/C18H20N2O5/c1-11-16(17(22)25-18(2,3)4)15(9-13(10-21)19-11)12-6-5-7-14(8-12)20(23)24/h5-10,15,19H,1-4H3. The first kappa shape index (κ1) is 18.4. The number of esters is 1. The average molecular weight is 344 g/mol. The number of non-ortho nitro benzene ring substituents is 1. The Morgan fingerprint density at radius 1 is 1.36 bits per heavy atom. The molecule has 1 aromatic rings. The van der Waals surface area contributed by atoms with Gasteiger partial charge in [0.2, 0.25) is 0 Å². The third-order valence-electron chi connectivity index (χ3n) is 3.58. The van der Waals surface area contributed by atoms with Crippen molar-refractivity contribution in [1.82, 2.24) is 5.32 Å². The summed E-state index contributed by atoms with van der Waals surface area (Å²) in [7, 11) is 0. The number of benzene rings is 1. The lowest BCUT2D eigenvalue weighted by Gasteiger charge is -2.28. The van der Waals surface area contributed by atoms with E-state index in [9.17, 15) is 19.7 Å². The maximum Gasteiger partial charge on any atom is 0.337 e. The molecule has 7 heteroatoms. The molecule has 2 rings (SSSR count). The van der Waals surface area contributed by atoms with Crippen molar-refractivity contribution in [3.63, 3.8) is 0 Å². The minimum atomic E-state index is -0.688. The molecule has 0 saturated heterocycles. The molecule has 0 aromatic heterocycles. The lowest BCUT2D eigenvalue weighted by molar-refractivity contribution is -0.384. The SMILES string of the molecule is CC1=C(C(=O)OC(C)(C)C)C(c2cccc([N+](=O)[O-])c2)C=C(C=O)N1. The molecule has 1 N–H and O–H groups in total. The van der Waals surface area contributed by atoms with Crippen LogP contribution >= 0.6 is 0 Å². The predicted molar refractivity (Wildman–Crippen MR) is 91.7 cm³/mol. The van der Waals surface area contributed by atoms with E-state index in [0.29, 0.717) is 28.8 Å². The van der Waals surface area contributed by atoms with Crippen LogP contribution in [-0.4, -0.2) is 22.8 Å². The number of nitrogens with one attached hydrogen (secondary N) is 1. The van der Waals surface area contributed by atoms with Gasteiger partial charge >= 0.3 is 5.97 Å². The van der Waals surface area contributed by atoms with Crippen LogP contribution in [0.5, 0.6) is 0 Å². The molecule has 1 aliphatic rings. The Labute approximate surface area is 145 Å². The number of carbonyl (C=O) groups excluding carboxylic acids is 2. The number of allylic oxidation sites excluding steroid dienone is 3. The monoisotopic (exact) mass is 344 g/mol. The Morgan fingerprint density at radius 2 is 2.04 bits per heavy atom. The van der Waals surface area contributed by atoms with Crippen molar-refractivity contribution in [3.8, 4) is 0 Å². The number of hydrogen-bond acceptors (Lipinski definition) is 6. The number of nitro benzene ring substituents is 1. The van der Waals surface area contributed by atoms with E-state index in [-0.39, 0.29) is 5.69 Å². The minimum absolute atomic E-state index is 0.0849. The summed E-state index contributed by atoms with van der Waals surface area (Å²) in [4.78, 5) is 34.4. The molecule has 1 aliphatic heterocycles. The van der Waals surface area contributed by atoms with E-state index >= 15 is 0 Å². The van der Waals surface area contributed by atoms with Gasteiger partial charge in [0.1, 0.15) is 5.60 Å². The molecule has 1 aromatic carbocycles. The number of aldehydes is 1. The molecule has 25 heavy (non-hydrogen) atoms. The zero-order valence-corrected chi connectivity index (χ0v) is 14.5. The van der Waals surface area contributed by atoms with Gasteiger partial charge < -0.3 is 10.1 Å². The van der Waals surface area contributed by atoms with Crippen molar-refractivity contribution in [2.45, 2.75) is 39.2 Å². The molecule has 0 spiro atoms. The van der Waals surface area contributed by atoms with Crippen molar-refractivity contribution in [1.29, 1.82) is 0 Å². The summed E-state index contributed by atoms with van der Waals surface area (Å²) in [5, 5.41) is 13.9. The zero-order valence-electron chi connectivity index (χ0n) is 14.5. The average Bonchev–Trinajstić information content (AvgIpc) is 2.52. The van der Waals surface area contributed by atoms with E-state index in [0.717, 1.165) is 0 Å². The molecule has 7 nitrogen and oxygen atoms in total. The van der Waals surface area contributed by atoms with Crippen molar-refractivity contribution in [3.05, 3.63) is 63.0 Å². The summed E-state index contributed by atoms with van der Waals surface area (Å²) in [6.07, 6.45) is 2.21. The van der Waals surface area contributed by atoms with Crippen LogP contribution in [0.4, 0.5) is 5.69 Å². The van der Waals surface area contributed by atoms with Gasteiger partial charge in [0.25, 0.3) is 5.69 Å². The summed E-state index contributed by atoms with van der Waals surface area (Å²) >= 11 is 0. The highest BCUT2D eigenvalue weighted by Gasteiger charge is 2.31. The van der Waals surface area contributed by atoms with Gasteiger partial charge in [-0.2, -0.15) is 0 Å². The van der Waals surface area contributed by atoms with Crippen molar-refractivity contribution < 1.29 is 19.2 Å². The molecule has 0 aliphatic carbocycles. The predicted octanol–water partition coefficient (Wildman–Crippen LogP) is 2.98. The number of hydrogen-bond donors (Lipinski definition) is 1. The van der Waals surface area contributed by atoms with E-state index in [2.05, 4.69) is 5.32 Å². The van der Waals surface area contributed by atoms with Gasteiger partial charge in [-0.3, -0.25) is 14.9 Å². The number of carbonyl (C=O) groups is 2. The molecule has 1 heterocycles. The first-order valence-electron chi connectivity index (χ1n) is 7.75.